The lowest BCUT2D eigenvalue weighted by Gasteiger charge is -2.34. The number of H-pyrrole nitrogens is 1. The van der Waals surface area contributed by atoms with Gasteiger partial charge < -0.3 is 24.8 Å². The summed E-state index contributed by atoms with van der Waals surface area (Å²) in [6.45, 7) is 6.29. The number of likely N-dealkylation sites (tertiary alicyclic amines) is 1. The van der Waals surface area contributed by atoms with Gasteiger partial charge in [0, 0.05) is 40.7 Å². The number of likely N-dealkylation sites (N-methyl/N-ethyl adjacent to an activating group) is 1. The highest BCUT2D eigenvalue weighted by molar-refractivity contribution is 6.20. The first-order valence-corrected chi connectivity index (χ1v) is 12.7. The lowest BCUT2D eigenvalue weighted by molar-refractivity contribution is -0.116. The number of rotatable bonds is 5. The Morgan fingerprint density at radius 3 is 2.65 bits per heavy atom. The number of fused-ring (bicyclic) bond motifs is 4. The number of ketones is 1. The quantitative estimate of drug-likeness (QED) is 0.553. The zero-order valence-electron chi connectivity index (χ0n) is 22.1. The molecule has 1 aromatic heterocycles. The van der Waals surface area contributed by atoms with Crippen LogP contribution in [0.25, 0.3) is 10.9 Å². The lowest BCUT2D eigenvalue weighted by atomic mass is 9.71. The average molecular weight is 500 g/mol. The van der Waals surface area contributed by atoms with Gasteiger partial charge in [0.1, 0.15) is 11.9 Å². The van der Waals surface area contributed by atoms with Crippen LogP contribution in [0, 0.1) is 11.3 Å². The lowest BCUT2D eigenvalue weighted by Crippen LogP contribution is -2.36. The summed E-state index contributed by atoms with van der Waals surface area (Å²) in [7, 11) is 5.78. The van der Waals surface area contributed by atoms with Gasteiger partial charge >= 0.3 is 0 Å². The number of nitriles is 1. The van der Waals surface area contributed by atoms with E-state index in [2.05, 4.69) is 42.2 Å². The van der Waals surface area contributed by atoms with Crippen LogP contribution in [0.4, 0.5) is 5.69 Å². The molecule has 0 radical (unpaired) electrons. The van der Waals surface area contributed by atoms with Crippen LogP contribution in [0.5, 0.6) is 5.75 Å². The Bertz CT molecular complexity index is 1440. The van der Waals surface area contributed by atoms with E-state index >= 15 is 0 Å². The summed E-state index contributed by atoms with van der Waals surface area (Å²) in [5.74, 6) is 0.319. The van der Waals surface area contributed by atoms with Crippen molar-refractivity contribution in [2.45, 2.75) is 38.2 Å². The number of anilines is 1. The van der Waals surface area contributed by atoms with Gasteiger partial charge in [-0.2, -0.15) is 5.26 Å². The van der Waals surface area contributed by atoms with E-state index in [0.29, 0.717) is 28.1 Å². The van der Waals surface area contributed by atoms with Crippen LogP contribution in [-0.4, -0.2) is 73.4 Å². The van der Waals surface area contributed by atoms with Crippen molar-refractivity contribution in [3.8, 4) is 11.8 Å². The molecule has 0 atom stereocenters. The fourth-order valence-electron chi connectivity index (χ4n) is 5.48. The molecule has 2 heterocycles. The molecule has 1 aliphatic heterocycles. The van der Waals surface area contributed by atoms with Gasteiger partial charge in [-0.15, -0.1) is 0 Å². The first-order valence-electron chi connectivity index (χ1n) is 12.7. The Balaban J connectivity index is 1.62. The predicted octanol–water partition coefficient (Wildman–Crippen LogP) is 3.88. The summed E-state index contributed by atoms with van der Waals surface area (Å²) < 4.78 is 6.50. The molecule has 0 spiro atoms. The molecule has 2 aromatic carbocycles. The number of carbonyl (C=O) groups is 2. The van der Waals surface area contributed by atoms with Gasteiger partial charge in [-0.1, -0.05) is 19.9 Å². The van der Waals surface area contributed by atoms with Gasteiger partial charge in [0.05, 0.1) is 29.4 Å². The molecule has 1 fully saturated rings. The highest BCUT2D eigenvalue weighted by Gasteiger charge is 2.41. The van der Waals surface area contributed by atoms with Gasteiger partial charge in [0.15, 0.2) is 5.78 Å². The summed E-state index contributed by atoms with van der Waals surface area (Å²) >= 11 is 0. The SMILES string of the molecule is CN(C)CC(=O)Nc1cc2c(cc1OC1CCN(C)CC1)C(C)(C)c1[nH]c3cc(C#N)ccc3c1C2=O. The van der Waals surface area contributed by atoms with Crippen molar-refractivity contribution in [3.05, 3.63) is 58.3 Å². The summed E-state index contributed by atoms with van der Waals surface area (Å²) in [5, 5.41) is 13.1. The topological polar surface area (TPSA) is 101 Å². The molecule has 1 aliphatic carbocycles. The maximum absolute atomic E-state index is 13.9. The van der Waals surface area contributed by atoms with E-state index in [1.54, 1.807) is 23.1 Å². The molecular weight excluding hydrogens is 466 g/mol. The Hall–Kier alpha value is -3.67. The third-order valence-corrected chi connectivity index (χ3v) is 7.51. The number of amides is 1. The van der Waals surface area contributed by atoms with Crippen LogP contribution in [0.15, 0.2) is 30.3 Å². The van der Waals surface area contributed by atoms with E-state index in [-0.39, 0.29) is 24.3 Å². The van der Waals surface area contributed by atoms with Crippen molar-refractivity contribution in [2.24, 2.45) is 0 Å². The minimum atomic E-state index is -0.526. The maximum atomic E-state index is 13.9. The number of carbonyl (C=O) groups excluding carboxylic acids is 2. The van der Waals surface area contributed by atoms with E-state index < -0.39 is 5.41 Å². The number of nitrogens with zero attached hydrogens (tertiary/aromatic N) is 3. The number of aromatic amines is 1. The van der Waals surface area contributed by atoms with E-state index in [9.17, 15) is 14.9 Å². The molecule has 1 saturated heterocycles. The number of hydrogen-bond acceptors (Lipinski definition) is 6. The largest absolute Gasteiger partial charge is 0.488 e. The molecule has 3 aromatic rings. The summed E-state index contributed by atoms with van der Waals surface area (Å²) in [6.07, 6.45) is 1.83. The van der Waals surface area contributed by atoms with Crippen molar-refractivity contribution in [1.82, 2.24) is 14.8 Å². The van der Waals surface area contributed by atoms with Gasteiger partial charge in [0.25, 0.3) is 0 Å². The molecule has 8 heteroatoms. The van der Waals surface area contributed by atoms with Crippen molar-refractivity contribution in [3.63, 3.8) is 0 Å². The van der Waals surface area contributed by atoms with Crippen LogP contribution in [0.1, 0.15) is 59.4 Å². The molecule has 37 heavy (non-hydrogen) atoms. The minimum absolute atomic E-state index is 0.0363. The molecular formula is C29H33N5O3. The molecule has 2 aliphatic rings. The molecule has 0 saturated carbocycles. The first kappa shape index (κ1) is 25.0. The summed E-state index contributed by atoms with van der Waals surface area (Å²) in [6, 6.07) is 11.2. The Kier molecular flexibility index (Phi) is 6.30. The molecule has 0 bridgehead atoms. The second-order valence-corrected chi connectivity index (χ2v) is 11.0. The fourth-order valence-corrected chi connectivity index (χ4v) is 5.48. The molecule has 5 rings (SSSR count). The van der Waals surface area contributed by atoms with Crippen molar-refractivity contribution in [2.75, 3.05) is 46.1 Å². The normalized spacial score (nSPS) is 17.4. The first-order chi connectivity index (χ1) is 17.6. The summed E-state index contributed by atoms with van der Waals surface area (Å²) in [4.78, 5) is 34.2. The number of piperidine rings is 1. The van der Waals surface area contributed by atoms with E-state index in [4.69, 9.17) is 4.74 Å². The number of nitrogens with one attached hydrogen (secondary N) is 2. The number of hydrogen-bond donors (Lipinski definition) is 2. The van der Waals surface area contributed by atoms with E-state index in [1.165, 1.54) is 0 Å². The molecule has 1 amide bonds. The second kappa shape index (κ2) is 9.33. The molecule has 2 N–H and O–H groups in total. The van der Waals surface area contributed by atoms with Gasteiger partial charge in [-0.05, 0) is 63.8 Å². The predicted molar refractivity (Wildman–Crippen MR) is 143 cm³/mol. The van der Waals surface area contributed by atoms with Crippen LogP contribution in [0.2, 0.25) is 0 Å². The van der Waals surface area contributed by atoms with Crippen molar-refractivity contribution in [1.29, 1.82) is 5.26 Å². The Labute approximate surface area is 217 Å². The van der Waals surface area contributed by atoms with Crippen LogP contribution in [0.3, 0.4) is 0 Å². The van der Waals surface area contributed by atoms with Gasteiger partial charge in [-0.25, -0.2) is 0 Å². The van der Waals surface area contributed by atoms with Crippen molar-refractivity contribution >= 4 is 28.3 Å². The zero-order chi connectivity index (χ0) is 26.5. The standard InChI is InChI=1S/C29H33N5O3/c1-29(2)21-14-24(37-18-8-10-34(5)11-9-18)23(31-25(35)16-33(3)4)13-20(21)27(36)26-19-7-6-17(15-30)12-22(19)32-28(26)29/h6-7,12-14,18,32H,8-11,16H2,1-5H3,(H,31,35). The monoisotopic (exact) mass is 499 g/mol. The van der Waals surface area contributed by atoms with Crippen LogP contribution < -0.4 is 10.1 Å². The maximum Gasteiger partial charge on any atom is 0.238 e. The number of ether oxygens (including phenoxy) is 1. The van der Waals surface area contributed by atoms with Gasteiger partial charge in [-0.3, -0.25) is 9.59 Å². The molecule has 192 valence electrons. The number of benzene rings is 2. The van der Waals surface area contributed by atoms with Crippen LogP contribution >= 0.6 is 0 Å². The second-order valence-electron chi connectivity index (χ2n) is 11.0. The van der Waals surface area contributed by atoms with Crippen LogP contribution in [-0.2, 0) is 10.2 Å². The zero-order valence-corrected chi connectivity index (χ0v) is 22.1. The Morgan fingerprint density at radius 2 is 1.97 bits per heavy atom. The van der Waals surface area contributed by atoms with E-state index in [0.717, 1.165) is 48.1 Å². The van der Waals surface area contributed by atoms with E-state index in [1.807, 2.05) is 26.2 Å². The van der Waals surface area contributed by atoms with Gasteiger partial charge in [0.2, 0.25) is 5.91 Å². The highest BCUT2D eigenvalue weighted by atomic mass is 16.5. The fraction of sp³-hybridized carbons (Fsp3) is 0.414. The molecule has 0 unspecified atom stereocenters. The summed E-state index contributed by atoms with van der Waals surface area (Å²) in [5.41, 5.74) is 4.14. The number of aromatic nitrogens is 1. The average Bonchev–Trinajstić information content (AvgIpc) is 3.24. The minimum Gasteiger partial charge on any atom is -0.488 e. The Morgan fingerprint density at radius 1 is 1.24 bits per heavy atom. The smallest absolute Gasteiger partial charge is 0.238 e. The third kappa shape index (κ3) is 4.50. The third-order valence-electron chi connectivity index (χ3n) is 7.51. The highest BCUT2D eigenvalue weighted by Crippen LogP contribution is 2.46. The molecule has 8 nitrogen and oxygen atoms in total. The van der Waals surface area contributed by atoms with Crippen molar-refractivity contribution < 1.29 is 14.3 Å².